The number of nitrogens with zero attached hydrogens (tertiary/aromatic N) is 3. The van der Waals surface area contributed by atoms with Crippen LogP contribution in [0.1, 0.15) is 67.0 Å². The topological polar surface area (TPSA) is 64.4 Å². The Balaban J connectivity index is 1.60. The molecule has 8 heteroatoms. The first-order valence-corrected chi connectivity index (χ1v) is 13.6. The summed E-state index contributed by atoms with van der Waals surface area (Å²) in [6.45, 7) is 5.23. The number of carbonyl (C=O) groups is 1. The molecule has 0 atom stereocenters. The van der Waals surface area contributed by atoms with Crippen LogP contribution in [0.4, 0.5) is 0 Å². The summed E-state index contributed by atoms with van der Waals surface area (Å²) in [4.78, 5) is 33.4. The van der Waals surface area contributed by atoms with Gasteiger partial charge in [0, 0.05) is 41.0 Å². The fourth-order valence-corrected chi connectivity index (χ4v) is 6.26. The number of rotatable bonds is 7. The van der Waals surface area contributed by atoms with E-state index in [4.69, 9.17) is 27.9 Å². The molecule has 1 aromatic heterocycles. The summed E-state index contributed by atoms with van der Waals surface area (Å²) < 4.78 is 7.91. The Morgan fingerprint density at radius 3 is 2.46 bits per heavy atom. The van der Waals surface area contributed by atoms with Gasteiger partial charge in [-0.1, -0.05) is 66.4 Å². The van der Waals surface area contributed by atoms with Crippen LogP contribution in [-0.4, -0.2) is 32.9 Å². The number of halogens is 2. The van der Waals surface area contributed by atoms with Gasteiger partial charge in [-0.05, 0) is 56.0 Å². The number of hydrogen-bond donors (Lipinski definition) is 0. The molecule has 2 aromatic carbocycles. The molecule has 194 valence electrons. The van der Waals surface area contributed by atoms with E-state index in [2.05, 4.69) is 4.98 Å². The summed E-state index contributed by atoms with van der Waals surface area (Å²) in [7, 11) is 0. The molecule has 1 fully saturated rings. The van der Waals surface area contributed by atoms with Crippen LogP contribution >= 0.6 is 23.2 Å². The molecule has 1 aliphatic carbocycles. The predicted octanol–water partition coefficient (Wildman–Crippen LogP) is 6.05. The SMILES string of the molecule is CC(C)N1CCn2c(CC3(c4cc(Cl)ccc4Cl)CCCC3)nc(=O)c(OCc3ccccc3)c2C1=O. The van der Waals surface area contributed by atoms with Gasteiger partial charge in [-0.15, -0.1) is 0 Å². The molecular weight excluding hydrogens is 509 g/mol. The first-order valence-electron chi connectivity index (χ1n) is 12.9. The number of hydrogen-bond acceptors (Lipinski definition) is 4. The van der Waals surface area contributed by atoms with Gasteiger partial charge in [0.1, 0.15) is 12.4 Å². The monoisotopic (exact) mass is 539 g/mol. The summed E-state index contributed by atoms with van der Waals surface area (Å²) in [5, 5.41) is 1.29. The average Bonchev–Trinajstić information content (AvgIpc) is 3.35. The van der Waals surface area contributed by atoms with Crippen LogP contribution in [0.15, 0.2) is 53.3 Å². The second-order valence-electron chi connectivity index (χ2n) is 10.3. The standard InChI is InChI=1S/C29H31Cl2N3O3/c1-19(2)33-14-15-34-24(17-29(12-6-7-13-29)22-16-21(30)10-11-23(22)31)32-27(35)26(25(34)28(33)36)37-18-20-8-4-3-5-9-20/h3-5,8-11,16,19H,6-7,12-15,17-18H2,1-2H3. The lowest BCUT2D eigenvalue weighted by Gasteiger charge is -2.36. The Hall–Kier alpha value is -2.83. The van der Waals surface area contributed by atoms with E-state index in [-0.39, 0.29) is 35.4 Å². The second kappa shape index (κ2) is 10.5. The average molecular weight is 540 g/mol. The molecule has 0 bridgehead atoms. The minimum Gasteiger partial charge on any atom is -0.481 e. The summed E-state index contributed by atoms with van der Waals surface area (Å²) >= 11 is 13.1. The van der Waals surface area contributed by atoms with Crippen molar-refractivity contribution in [2.45, 2.75) is 70.6 Å². The van der Waals surface area contributed by atoms with Gasteiger partial charge in [0.2, 0.25) is 5.75 Å². The number of carbonyl (C=O) groups excluding carboxylic acids is 1. The molecule has 37 heavy (non-hydrogen) atoms. The van der Waals surface area contributed by atoms with Crippen LogP contribution in [0.5, 0.6) is 5.75 Å². The molecule has 1 amide bonds. The van der Waals surface area contributed by atoms with Crippen molar-refractivity contribution < 1.29 is 9.53 Å². The van der Waals surface area contributed by atoms with Crippen molar-refractivity contribution in [3.05, 3.63) is 91.6 Å². The van der Waals surface area contributed by atoms with Crippen LogP contribution in [0.25, 0.3) is 0 Å². The highest BCUT2D eigenvalue weighted by Gasteiger charge is 2.41. The lowest BCUT2D eigenvalue weighted by atomic mass is 9.75. The Morgan fingerprint density at radius 1 is 1.03 bits per heavy atom. The third-order valence-electron chi connectivity index (χ3n) is 7.66. The quantitative estimate of drug-likeness (QED) is 0.366. The lowest BCUT2D eigenvalue weighted by molar-refractivity contribution is 0.0633. The summed E-state index contributed by atoms with van der Waals surface area (Å²) in [5.41, 5.74) is 1.37. The van der Waals surface area contributed by atoms with E-state index in [0.717, 1.165) is 36.8 Å². The Kier molecular flexibility index (Phi) is 7.32. The fraction of sp³-hybridized carbons (Fsp3) is 0.414. The minimum absolute atomic E-state index is 0.00128. The van der Waals surface area contributed by atoms with Crippen molar-refractivity contribution in [3.63, 3.8) is 0 Å². The Bertz CT molecular complexity index is 1360. The molecule has 0 unspecified atom stereocenters. The molecule has 2 aliphatic rings. The van der Waals surface area contributed by atoms with Gasteiger partial charge in [0.15, 0.2) is 5.69 Å². The van der Waals surface area contributed by atoms with Gasteiger partial charge in [0.05, 0.1) is 0 Å². The van der Waals surface area contributed by atoms with Crippen molar-refractivity contribution in [3.8, 4) is 5.75 Å². The highest BCUT2D eigenvalue weighted by molar-refractivity contribution is 6.33. The molecule has 3 aromatic rings. The van der Waals surface area contributed by atoms with E-state index in [0.29, 0.717) is 35.4 Å². The van der Waals surface area contributed by atoms with Gasteiger partial charge in [-0.25, -0.2) is 0 Å². The van der Waals surface area contributed by atoms with Crippen LogP contribution in [-0.2, 0) is 25.0 Å². The van der Waals surface area contributed by atoms with E-state index < -0.39 is 5.56 Å². The highest BCUT2D eigenvalue weighted by atomic mass is 35.5. The van der Waals surface area contributed by atoms with Crippen LogP contribution < -0.4 is 10.3 Å². The predicted molar refractivity (Wildman–Crippen MR) is 146 cm³/mol. The van der Waals surface area contributed by atoms with Gasteiger partial charge < -0.3 is 14.2 Å². The summed E-state index contributed by atoms with van der Waals surface area (Å²) in [5.74, 6) is 0.414. The van der Waals surface area contributed by atoms with Crippen LogP contribution in [0, 0.1) is 0 Å². The van der Waals surface area contributed by atoms with E-state index in [1.807, 2.05) is 60.9 Å². The number of aromatic nitrogens is 2. The maximum Gasteiger partial charge on any atom is 0.316 e. The maximum absolute atomic E-state index is 13.7. The molecule has 6 nitrogen and oxygen atoms in total. The summed E-state index contributed by atoms with van der Waals surface area (Å²) in [6, 6.07) is 15.2. The smallest absolute Gasteiger partial charge is 0.316 e. The van der Waals surface area contributed by atoms with Gasteiger partial charge in [-0.3, -0.25) is 9.59 Å². The lowest BCUT2D eigenvalue weighted by Crippen LogP contribution is -2.47. The van der Waals surface area contributed by atoms with E-state index in [9.17, 15) is 9.59 Å². The zero-order valence-corrected chi connectivity index (χ0v) is 22.7. The minimum atomic E-state index is -0.513. The second-order valence-corrected chi connectivity index (χ2v) is 11.2. The van der Waals surface area contributed by atoms with E-state index in [1.54, 1.807) is 11.0 Å². The van der Waals surface area contributed by atoms with E-state index >= 15 is 0 Å². The Labute approximate surface area is 227 Å². The number of amides is 1. The zero-order chi connectivity index (χ0) is 26.2. The van der Waals surface area contributed by atoms with Crippen molar-refractivity contribution in [1.82, 2.24) is 14.5 Å². The number of benzene rings is 2. The molecule has 5 rings (SSSR count). The molecule has 0 spiro atoms. The number of ether oxygens (including phenoxy) is 1. The normalized spacial score (nSPS) is 16.8. The van der Waals surface area contributed by atoms with Gasteiger partial charge in [0.25, 0.3) is 5.91 Å². The summed E-state index contributed by atoms with van der Waals surface area (Å²) in [6.07, 6.45) is 4.44. The Morgan fingerprint density at radius 2 is 1.76 bits per heavy atom. The van der Waals surface area contributed by atoms with Crippen molar-refractivity contribution in [2.24, 2.45) is 0 Å². The maximum atomic E-state index is 13.7. The molecule has 0 saturated heterocycles. The van der Waals surface area contributed by atoms with Crippen molar-refractivity contribution in [2.75, 3.05) is 6.54 Å². The van der Waals surface area contributed by atoms with Crippen LogP contribution in [0.3, 0.4) is 0 Å². The van der Waals surface area contributed by atoms with Crippen LogP contribution in [0.2, 0.25) is 10.0 Å². The molecule has 1 saturated carbocycles. The van der Waals surface area contributed by atoms with Gasteiger partial charge >= 0.3 is 5.56 Å². The highest BCUT2D eigenvalue weighted by Crippen LogP contribution is 2.46. The first kappa shape index (κ1) is 25.8. The first-order chi connectivity index (χ1) is 17.8. The van der Waals surface area contributed by atoms with Gasteiger partial charge in [-0.2, -0.15) is 4.98 Å². The fourth-order valence-electron chi connectivity index (χ4n) is 5.77. The molecular formula is C29H31Cl2N3O3. The molecule has 1 aliphatic heterocycles. The molecule has 0 radical (unpaired) electrons. The van der Waals surface area contributed by atoms with Crippen molar-refractivity contribution >= 4 is 29.1 Å². The van der Waals surface area contributed by atoms with Crippen molar-refractivity contribution in [1.29, 1.82) is 0 Å². The molecule has 2 heterocycles. The number of fused-ring (bicyclic) bond motifs is 1. The largest absolute Gasteiger partial charge is 0.481 e. The third kappa shape index (κ3) is 5.01. The van der Waals surface area contributed by atoms with E-state index in [1.165, 1.54) is 0 Å². The third-order valence-corrected chi connectivity index (χ3v) is 8.22. The zero-order valence-electron chi connectivity index (χ0n) is 21.2. The molecule has 0 N–H and O–H groups in total.